The highest BCUT2D eigenvalue weighted by Gasteiger charge is 2.23. The predicted molar refractivity (Wildman–Crippen MR) is 68.6 cm³/mol. The lowest BCUT2D eigenvalue weighted by Gasteiger charge is -2.18. The van der Waals surface area contributed by atoms with Gasteiger partial charge in [0.2, 0.25) is 0 Å². The zero-order valence-corrected chi connectivity index (χ0v) is 10.1. The van der Waals surface area contributed by atoms with Crippen molar-refractivity contribution in [3.8, 4) is 0 Å². The van der Waals surface area contributed by atoms with Gasteiger partial charge in [0.15, 0.2) is 0 Å². The second-order valence-electron chi connectivity index (χ2n) is 4.49. The molecule has 0 saturated carbocycles. The van der Waals surface area contributed by atoms with Crippen LogP contribution in [0, 0.1) is 10.1 Å². The Balaban J connectivity index is 2.37. The fourth-order valence-electron chi connectivity index (χ4n) is 2.25. The summed E-state index contributed by atoms with van der Waals surface area (Å²) in [6.45, 7) is 1.48. The number of aliphatic hydroxyl groups excluding tert-OH is 1. The number of hydrogen-bond donors (Lipinski definition) is 2. The Morgan fingerprint density at radius 1 is 1.44 bits per heavy atom. The van der Waals surface area contributed by atoms with E-state index in [9.17, 15) is 10.1 Å². The molecule has 0 bridgehead atoms. The van der Waals surface area contributed by atoms with Crippen molar-refractivity contribution in [3.63, 3.8) is 0 Å². The van der Waals surface area contributed by atoms with Crippen molar-refractivity contribution >= 4 is 11.4 Å². The quantitative estimate of drug-likeness (QED) is 0.619. The third-order valence-corrected chi connectivity index (χ3v) is 3.27. The summed E-state index contributed by atoms with van der Waals surface area (Å²) in [7, 11) is 0. The zero-order chi connectivity index (χ0) is 13.1. The van der Waals surface area contributed by atoms with Crippen LogP contribution in [0.5, 0.6) is 0 Å². The maximum Gasteiger partial charge on any atom is 0.292 e. The van der Waals surface area contributed by atoms with E-state index in [4.69, 9.17) is 10.8 Å². The summed E-state index contributed by atoms with van der Waals surface area (Å²) in [5.74, 6) is 0. The average Bonchev–Trinajstić information content (AvgIpc) is 2.90. The van der Waals surface area contributed by atoms with Gasteiger partial charge in [-0.25, -0.2) is 0 Å². The minimum absolute atomic E-state index is 0.0679. The molecule has 1 atom stereocenters. The van der Waals surface area contributed by atoms with Crippen LogP contribution in [-0.4, -0.2) is 29.7 Å². The lowest BCUT2D eigenvalue weighted by atomic mass is 10.1. The van der Waals surface area contributed by atoms with Crippen molar-refractivity contribution in [2.45, 2.75) is 18.9 Å². The van der Waals surface area contributed by atoms with Crippen LogP contribution >= 0.6 is 0 Å². The van der Waals surface area contributed by atoms with Crippen molar-refractivity contribution in [2.75, 3.05) is 24.6 Å². The molecule has 0 aromatic heterocycles. The number of rotatable bonds is 4. The number of benzene rings is 1. The van der Waals surface area contributed by atoms with E-state index >= 15 is 0 Å². The summed E-state index contributed by atoms with van der Waals surface area (Å²) in [5.41, 5.74) is 6.98. The van der Waals surface area contributed by atoms with Crippen molar-refractivity contribution in [1.82, 2.24) is 0 Å². The number of aliphatic hydroxyl groups is 1. The van der Waals surface area contributed by atoms with Crippen LogP contribution in [0.15, 0.2) is 18.2 Å². The molecule has 98 valence electrons. The summed E-state index contributed by atoms with van der Waals surface area (Å²) >= 11 is 0. The first-order valence-electron chi connectivity index (χ1n) is 6.03. The van der Waals surface area contributed by atoms with Gasteiger partial charge < -0.3 is 15.7 Å². The van der Waals surface area contributed by atoms with E-state index in [-0.39, 0.29) is 17.2 Å². The minimum Gasteiger partial charge on any atom is -0.394 e. The molecular formula is C12H17N3O3. The topological polar surface area (TPSA) is 92.6 Å². The molecule has 1 aliphatic heterocycles. The molecule has 1 fully saturated rings. The van der Waals surface area contributed by atoms with Crippen LogP contribution in [0.4, 0.5) is 11.4 Å². The van der Waals surface area contributed by atoms with Gasteiger partial charge >= 0.3 is 0 Å². The van der Waals surface area contributed by atoms with E-state index in [1.165, 1.54) is 6.07 Å². The third-order valence-electron chi connectivity index (χ3n) is 3.27. The Bertz CT molecular complexity index is 444. The maximum atomic E-state index is 11.1. The van der Waals surface area contributed by atoms with Gasteiger partial charge in [0.1, 0.15) is 5.69 Å². The van der Waals surface area contributed by atoms with E-state index in [0.29, 0.717) is 11.3 Å². The summed E-state index contributed by atoms with van der Waals surface area (Å²) in [5, 5.41) is 20.1. The van der Waals surface area contributed by atoms with Crippen molar-refractivity contribution in [3.05, 3.63) is 33.9 Å². The summed E-state index contributed by atoms with van der Waals surface area (Å²) in [6.07, 6.45) is 2.13. The van der Waals surface area contributed by atoms with Gasteiger partial charge in [-0.2, -0.15) is 0 Å². The van der Waals surface area contributed by atoms with Gasteiger partial charge in [0.25, 0.3) is 5.69 Å². The van der Waals surface area contributed by atoms with Crippen LogP contribution in [0.25, 0.3) is 0 Å². The number of nitro benzene ring substituents is 1. The molecule has 0 radical (unpaired) electrons. The molecule has 6 nitrogen and oxygen atoms in total. The summed E-state index contributed by atoms with van der Waals surface area (Å²) < 4.78 is 0. The predicted octanol–water partition coefficient (Wildman–Crippen LogP) is 1.19. The smallest absolute Gasteiger partial charge is 0.292 e. The van der Waals surface area contributed by atoms with Crippen LogP contribution in [0.1, 0.15) is 24.4 Å². The maximum absolute atomic E-state index is 11.1. The van der Waals surface area contributed by atoms with Gasteiger partial charge in [-0.05, 0) is 24.5 Å². The number of hydrogen-bond acceptors (Lipinski definition) is 5. The SMILES string of the molecule is N[C@H](CO)c1ccc(N2CCCC2)c([N+](=O)[O-])c1. The molecule has 1 saturated heterocycles. The fourth-order valence-corrected chi connectivity index (χ4v) is 2.25. The zero-order valence-electron chi connectivity index (χ0n) is 10.1. The van der Waals surface area contributed by atoms with Crippen molar-refractivity contribution in [2.24, 2.45) is 5.73 Å². The Morgan fingerprint density at radius 2 is 2.11 bits per heavy atom. The first-order chi connectivity index (χ1) is 8.63. The highest BCUT2D eigenvalue weighted by molar-refractivity contribution is 5.65. The molecular weight excluding hydrogens is 234 g/mol. The van der Waals surface area contributed by atoms with Crippen LogP contribution in [0.2, 0.25) is 0 Å². The standard InChI is InChI=1S/C12H17N3O3/c13-10(8-16)9-3-4-11(12(7-9)15(17)18)14-5-1-2-6-14/h3-4,7,10,16H,1-2,5-6,8,13H2/t10-/m1/s1. The molecule has 0 amide bonds. The van der Waals surface area contributed by atoms with Gasteiger partial charge in [-0.15, -0.1) is 0 Å². The van der Waals surface area contributed by atoms with Gasteiger partial charge in [-0.1, -0.05) is 6.07 Å². The second-order valence-corrected chi connectivity index (χ2v) is 4.49. The molecule has 0 unspecified atom stereocenters. The molecule has 1 heterocycles. The van der Waals surface area contributed by atoms with E-state index in [2.05, 4.69) is 0 Å². The highest BCUT2D eigenvalue weighted by Crippen LogP contribution is 2.32. The molecule has 1 aromatic carbocycles. The molecule has 0 aliphatic carbocycles. The van der Waals surface area contributed by atoms with Crippen LogP contribution in [-0.2, 0) is 0 Å². The normalized spacial score (nSPS) is 16.9. The molecule has 2 rings (SSSR count). The van der Waals surface area contributed by atoms with Crippen LogP contribution < -0.4 is 10.6 Å². The molecule has 6 heteroatoms. The Kier molecular flexibility index (Phi) is 3.78. The molecule has 3 N–H and O–H groups in total. The highest BCUT2D eigenvalue weighted by atomic mass is 16.6. The van der Waals surface area contributed by atoms with Crippen LogP contribution in [0.3, 0.4) is 0 Å². The lowest BCUT2D eigenvalue weighted by Crippen LogP contribution is -2.20. The molecule has 18 heavy (non-hydrogen) atoms. The average molecular weight is 251 g/mol. The summed E-state index contributed by atoms with van der Waals surface area (Å²) in [6, 6.07) is 4.38. The van der Waals surface area contributed by atoms with Gasteiger partial charge in [0.05, 0.1) is 17.6 Å². The minimum atomic E-state index is -0.573. The number of nitro groups is 1. The number of nitrogens with zero attached hydrogens (tertiary/aromatic N) is 2. The van der Waals surface area contributed by atoms with Crippen molar-refractivity contribution in [1.29, 1.82) is 0 Å². The Morgan fingerprint density at radius 3 is 2.67 bits per heavy atom. The van der Waals surface area contributed by atoms with Gasteiger partial charge in [0, 0.05) is 19.2 Å². The largest absolute Gasteiger partial charge is 0.394 e. The first-order valence-corrected chi connectivity index (χ1v) is 6.03. The third kappa shape index (κ3) is 2.44. The molecule has 1 aromatic rings. The van der Waals surface area contributed by atoms with E-state index in [1.54, 1.807) is 12.1 Å². The number of anilines is 1. The van der Waals surface area contributed by atoms with Crippen molar-refractivity contribution < 1.29 is 10.0 Å². The fraction of sp³-hybridized carbons (Fsp3) is 0.500. The first kappa shape index (κ1) is 12.8. The van der Waals surface area contributed by atoms with E-state index < -0.39 is 6.04 Å². The Labute approximate surface area is 105 Å². The van der Waals surface area contributed by atoms with Gasteiger partial charge in [-0.3, -0.25) is 10.1 Å². The summed E-state index contributed by atoms with van der Waals surface area (Å²) in [4.78, 5) is 12.7. The Hall–Kier alpha value is -1.66. The van der Waals surface area contributed by atoms with E-state index in [0.717, 1.165) is 25.9 Å². The molecule has 1 aliphatic rings. The lowest BCUT2D eigenvalue weighted by molar-refractivity contribution is -0.384. The van der Waals surface area contributed by atoms with E-state index in [1.807, 2.05) is 4.90 Å². The monoisotopic (exact) mass is 251 g/mol. The number of nitrogens with two attached hydrogens (primary N) is 1. The molecule has 0 spiro atoms. The second kappa shape index (κ2) is 5.32.